The van der Waals surface area contributed by atoms with Crippen molar-refractivity contribution in [3.63, 3.8) is 0 Å². The fourth-order valence-electron chi connectivity index (χ4n) is 13.8. The summed E-state index contributed by atoms with van der Waals surface area (Å²) < 4.78 is 48.6. The predicted molar refractivity (Wildman–Crippen MR) is 216 cm³/mol. The first kappa shape index (κ1) is 47.7. The maximum Gasteiger partial charge on any atom is 0.187 e. The number of aliphatic hydroxyl groups excluding tert-OH is 10. The van der Waals surface area contributed by atoms with Crippen molar-refractivity contribution >= 4 is 5.78 Å². The van der Waals surface area contributed by atoms with Gasteiger partial charge in [-0.1, -0.05) is 39.3 Å². The second-order valence-corrected chi connectivity index (χ2v) is 21.0. The number of carbonyl (C=O) groups excluding carboxylic acids is 1. The van der Waals surface area contributed by atoms with Gasteiger partial charge in [0.15, 0.2) is 24.7 Å². The Hall–Kier alpha value is -1.31. The Morgan fingerprint density at radius 3 is 1.97 bits per heavy atom. The molecule has 0 aromatic heterocycles. The minimum atomic E-state index is -1.91. The van der Waals surface area contributed by atoms with Gasteiger partial charge in [0.05, 0.1) is 38.6 Å². The lowest BCUT2D eigenvalue weighted by atomic mass is 9.46. The second kappa shape index (κ2) is 17.9. The summed E-state index contributed by atoms with van der Waals surface area (Å²) in [5, 5.41) is 106. The second-order valence-electron chi connectivity index (χ2n) is 21.0. The van der Waals surface area contributed by atoms with E-state index >= 15 is 0 Å². The minimum absolute atomic E-state index is 0.00753. The van der Waals surface area contributed by atoms with E-state index in [-0.39, 0.29) is 35.2 Å². The monoisotopic (exact) mass is 914 g/mol. The highest BCUT2D eigenvalue weighted by atomic mass is 16.8. The molecule has 5 heterocycles. The molecule has 19 heteroatoms. The number of hydrogen-bond acceptors (Lipinski definition) is 19. The summed E-state index contributed by atoms with van der Waals surface area (Å²) in [4.78, 5) is 14.6. The number of fused-ring (bicyclic) bond motifs is 7. The van der Waals surface area contributed by atoms with Gasteiger partial charge in [0.25, 0.3) is 0 Å². The number of ketones is 1. The predicted octanol–water partition coefficient (Wildman–Crippen LogP) is -1.63. The van der Waals surface area contributed by atoms with Gasteiger partial charge < -0.3 is 89.0 Å². The highest BCUT2D eigenvalue weighted by molar-refractivity contribution is 5.87. The Kier molecular flexibility index (Phi) is 13.3. The summed E-state index contributed by atoms with van der Waals surface area (Å²) in [5.74, 6) is 1.14. The summed E-state index contributed by atoms with van der Waals surface area (Å²) in [6.07, 6.45) is -17.3. The largest absolute Gasteiger partial charge is 0.394 e. The summed E-state index contributed by atoms with van der Waals surface area (Å²) in [5.41, 5.74) is 0.467. The molecule has 9 aliphatic rings. The summed E-state index contributed by atoms with van der Waals surface area (Å²) >= 11 is 0. The van der Waals surface area contributed by atoms with Crippen LogP contribution in [0, 0.1) is 46.3 Å². The van der Waals surface area contributed by atoms with Gasteiger partial charge in [0.2, 0.25) is 0 Å². The molecule has 0 amide bonds. The van der Waals surface area contributed by atoms with Crippen LogP contribution in [0.15, 0.2) is 11.6 Å². The third kappa shape index (κ3) is 7.60. The van der Waals surface area contributed by atoms with Gasteiger partial charge in [0.1, 0.15) is 79.0 Å². The van der Waals surface area contributed by atoms with Crippen LogP contribution in [0.25, 0.3) is 0 Å². The van der Waals surface area contributed by atoms with Crippen molar-refractivity contribution < 1.29 is 93.8 Å². The number of hydrogen-bond donors (Lipinski definition) is 10. The van der Waals surface area contributed by atoms with E-state index in [0.717, 1.165) is 32.1 Å². The lowest BCUT2D eigenvalue weighted by Gasteiger charge is -2.58. The number of aliphatic hydroxyl groups is 10. The number of Topliss-reactive ketones (excluding diaryl/α,β-unsaturated/α-hetero) is 1. The van der Waals surface area contributed by atoms with Crippen LogP contribution in [0.4, 0.5) is 0 Å². The van der Waals surface area contributed by atoms with Gasteiger partial charge in [-0.25, -0.2) is 0 Å². The lowest BCUT2D eigenvalue weighted by molar-refractivity contribution is -0.390. The molecule has 0 unspecified atom stereocenters. The number of ether oxygens (including phenoxy) is 8. The zero-order valence-corrected chi connectivity index (χ0v) is 37.0. The highest BCUT2D eigenvalue weighted by Crippen LogP contribution is 2.69. The van der Waals surface area contributed by atoms with E-state index in [2.05, 4.69) is 33.8 Å². The standard InChI is InChI=1S/C45H70O19/c1-18-7-10-45(57-17-18)19(2)30-25(64-45)12-24-22-6-5-20-11-21(8-9-43(20,3)23(22)13-29(49)44(24,30)4)58-40-37(56)35(54)38(28(16-48)61-40)62-42-39(34(53)32(51)27(15-47)60-42)63-41-36(55)33(52)31(50)26(14-46)59-41/h5,18-19,21-28,30-42,46-48,50-56H,6-17H2,1-4H3/t18-,19-,21-,22+,23-,24-,25-,26+,27+,28+,30-,31+,32+,33-,34-,35+,36+,37+,38-,39+,40+,41-,42-,43-,44+,45+/m0/s1. The summed E-state index contributed by atoms with van der Waals surface area (Å²) in [6.45, 7) is 7.27. The fraction of sp³-hybridized carbons (Fsp3) is 0.933. The molecule has 19 nitrogen and oxygen atoms in total. The van der Waals surface area contributed by atoms with E-state index in [9.17, 15) is 55.9 Å². The lowest BCUT2D eigenvalue weighted by Crippen LogP contribution is -2.67. The maximum absolute atomic E-state index is 14.6. The zero-order chi connectivity index (χ0) is 45.8. The minimum Gasteiger partial charge on any atom is -0.394 e. The molecular formula is C45H70O19. The first-order valence-corrected chi connectivity index (χ1v) is 23.5. The zero-order valence-electron chi connectivity index (χ0n) is 37.0. The number of carbonyl (C=O) groups is 1. The van der Waals surface area contributed by atoms with Crippen LogP contribution in [0.5, 0.6) is 0 Å². The average molecular weight is 915 g/mol. The Labute approximate surface area is 372 Å². The molecule has 0 aromatic carbocycles. The molecule has 1 spiro atoms. The Morgan fingerprint density at radius 2 is 1.30 bits per heavy atom. The van der Waals surface area contributed by atoms with Crippen LogP contribution in [0.3, 0.4) is 0 Å². The van der Waals surface area contributed by atoms with Crippen LogP contribution in [-0.4, -0.2) is 193 Å². The van der Waals surface area contributed by atoms with Gasteiger partial charge in [-0.05, 0) is 67.6 Å². The quantitative estimate of drug-likeness (QED) is 0.116. The Balaban J connectivity index is 0.859. The molecule has 5 aliphatic heterocycles. The van der Waals surface area contributed by atoms with Crippen LogP contribution in [0.2, 0.25) is 0 Å². The average Bonchev–Trinajstić information content (AvgIpc) is 3.73. The molecule has 5 saturated heterocycles. The van der Waals surface area contributed by atoms with E-state index in [4.69, 9.17) is 37.9 Å². The first-order valence-electron chi connectivity index (χ1n) is 23.5. The Morgan fingerprint density at radius 1 is 0.688 bits per heavy atom. The summed E-state index contributed by atoms with van der Waals surface area (Å²) in [7, 11) is 0. The number of allylic oxidation sites excluding steroid dienone is 1. The van der Waals surface area contributed by atoms with E-state index < -0.39 is 129 Å². The van der Waals surface area contributed by atoms with Gasteiger partial charge in [-0.15, -0.1) is 0 Å². The maximum atomic E-state index is 14.6. The van der Waals surface area contributed by atoms with Gasteiger partial charge in [-0.2, -0.15) is 0 Å². The van der Waals surface area contributed by atoms with Crippen molar-refractivity contribution in [1.82, 2.24) is 0 Å². The molecule has 0 bridgehead atoms. The van der Waals surface area contributed by atoms with E-state index in [1.54, 1.807) is 0 Å². The topological polar surface area (TPSA) is 293 Å². The van der Waals surface area contributed by atoms with Gasteiger partial charge >= 0.3 is 0 Å². The third-order valence-electron chi connectivity index (χ3n) is 17.6. The molecule has 8 fully saturated rings. The van der Waals surface area contributed by atoms with Crippen molar-refractivity contribution in [3.8, 4) is 0 Å². The molecule has 26 atom stereocenters. The van der Waals surface area contributed by atoms with E-state index in [1.807, 2.05) is 0 Å². The molecule has 0 radical (unpaired) electrons. The van der Waals surface area contributed by atoms with Crippen molar-refractivity contribution in [1.29, 1.82) is 0 Å². The fourth-order valence-corrected chi connectivity index (χ4v) is 13.8. The van der Waals surface area contributed by atoms with E-state index in [0.29, 0.717) is 43.5 Å². The summed E-state index contributed by atoms with van der Waals surface area (Å²) in [6, 6.07) is 0. The van der Waals surface area contributed by atoms with Gasteiger partial charge in [-0.3, -0.25) is 4.79 Å². The van der Waals surface area contributed by atoms with E-state index in [1.165, 1.54) is 5.57 Å². The molecular weight excluding hydrogens is 844 g/mol. The van der Waals surface area contributed by atoms with Crippen molar-refractivity contribution in [2.75, 3.05) is 26.4 Å². The molecule has 364 valence electrons. The molecule has 3 saturated carbocycles. The molecule has 64 heavy (non-hydrogen) atoms. The molecule has 9 rings (SSSR count). The first-order chi connectivity index (χ1) is 30.4. The number of rotatable bonds is 9. The van der Waals surface area contributed by atoms with Crippen molar-refractivity contribution in [3.05, 3.63) is 11.6 Å². The SMILES string of the molecule is C[C@H]1CC[C@@]2(OC1)O[C@H]1C[C@H]3[C@@H]4CC=C5C[C@@H](O[C@@H]6O[C@H](CO)[C@H](O[C@@H]7O[C@H](CO)[C@@H](O)[C@H](O)[C@H]7O[C@@H]7O[C@H](CO)[C@@H](O)[C@H](O)[C@H]7O)[C@H](O)[C@H]6O)CC[C@]5(C)[C@H]4CC(=O)[C@]3(C)[C@H]1[C@@H]2C. The van der Waals surface area contributed by atoms with Crippen molar-refractivity contribution in [2.24, 2.45) is 46.3 Å². The third-order valence-corrected chi connectivity index (χ3v) is 17.6. The van der Waals surface area contributed by atoms with Crippen LogP contribution < -0.4 is 0 Å². The van der Waals surface area contributed by atoms with Crippen molar-refractivity contribution in [2.45, 2.75) is 189 Å². The molecule has 10 N–H and O–H groups in total. The smallest absolute Gasteiger partial charge is 0.187 e. The molecule has 4 aliphatic carbocycles. The normalized spacial score (nSPS) is 56.2. The van der Waals surface area contributed by atoms with Crippen LogP contribution >= 0.6 is 0 Å². The molecule has 0 aromatic rings. The highest BCUT2D eigenvalue weighted by Gasteiger charge is 2.71. The van der Waals surface area contributed by atoms with Crippen LogP contribution in [-0.2, 0) is 42.7 Å². The Bertz CT molecular complexity index is 1710. The van der Waals surface area contributed by atoms with Gasteiger partial charge in [0, 0.05) is 30.1 Å². The van der Waals surface area contributed by atoms with Crippen LogP contribution in [0.1, 0.15) is 79.1 Å².